The predicted molar refractivity (Wildman–Crippen MR) is 122 cm³/mol. The zero-order chi connectivity index (χ0) is 19.0. The Bertz CT molecular complexity index is 506. The quantitative estimate of drug-likeness (QED) is 0.457. The molecule has 1 fully saturated rings. The van der Waals surface area contributed by atoms with Crippen LogP contribution in [0.3, 0.4) is 0 Å². The van der Waals surface area contributed by atoms with E-state index in [4.69, 9.17) is 4.42 Å². The van der Waals surface area contributed by atoms with Gasteiger partial charge in [-0.1, -0.05) is 84.1 Å². The fraction of sp³-hybridized carbons (Fsp3) is 0.818. The Labute approximate surface area is 164 Å². The van der Waals surface area contributed by atoms with Crippen LogP contribution in [0, 0.1) is 0 Å². The monoisotopic (exact) mass is 393 g/mol. The van der Waals surface area contributed by atoms with Gasteiger partial charge in [-0.3, -0.25) is 0 Å². The van der Waals surface area contributed by atoms with E-state index in [1.807, 2.05) is 0 Å². The van der Waals surface area contributed by atoms with Crippen LogP contribution < -0.4 is 10.8 Å². The lowest BCUT2D eigenvalue weighted by molar-refractivity contribution is 0.304. The normalized spacial score (nSPS) is 17.8. The molecular weight excluding hydrogens is 350 g/mol. The molecule has 0 unspecified atom stereocenters. The number of hydrogen-bond acceptors (Lipinski definition) is 2. The maximum absolute atomic E-state index is 6.78. The minimum Gasteiger partial charge on any atom is -0.476 e. The van der Waals surface area contributed by atoms with Gasteiger partial charge in [-0.25, -0.2) is 0 Å². The summed E-state index contributed by atoms with van der Waals surface area (Å²) in [6.45, 7) is 15.4. The van der Waals surface area contributed by atoms with Crippen LogP contribution in [0.15, 0.2) is 16.5 Å². The standard InChI is InChI=1S/C22H43NOSi2/c1-6-23(7-2)17-14-20-26(18-12-11-13-19-26)22-16-15-21(24-22)25(8-3,9-4)10-5/h15-16H,6-14,17-20H2,1-5H3. The van der Waals surface area contributed by atoms with Crippen molar-refractivity contribution in [3.63, 3.8) is 0 Å². The largest absolute Gasteiger partial charge is 0.476 e. The average molecular weight is 394 g/mol. The summed E-state index contributed by atoms with van der Waals surface area (Å²) in [5, 5.41) is 2.89. The van der Waals surface area contributed by atoms with Crippen molar-refractivity contribution in [2.45, 2.75) is 96.6 Å². The Morgan fingerprint density at radius 2 is 1.54 bits per heavy atom. The number of rotatable bonds is 11. The number of nitrogens with zero attached hydrogens (tertiary/aromatic N) is 1. The maximum atomic E-state index is 6.78. The van der Waals surface area contributed by atoms with E-state index >= 15 is 0 Å². The van der Waals surface area contributed by atoms with E-state index in [0.29, 0.717) is 0 Å². The van der Waals surface area contributed by atoms with Crippen LogP contribution in [0.4, 0.5) is 0 Å². The smallest absolute Gasteiger partial charge is 0.132 e. The molecule has 0 N–H and O–H groups in total. The molecule has 0 amide bonds. The predicted octanol–water partition coefficient (Wildman–Crippen LogP) is 5.57. The first kappa shape index (κ1) is 22.0. The van der Waals surface area contributed by atoms with Gasteiger partial charge in [0.1, 0.15) is 16.1 Å². The summed E-state index contributed by atoms with van der Waals surface area (Å²) in [6, 6.07) is 13.2. The van der Waals surface area contributed by atoms with Crippen molar-refractivity contribution in [1.29, 1.82) is 0 Å². The molecule has 0 aromatic carbocycles. The van der Waals surface area contributed by atoms with Gasteiger partial charge in [-0.05, 0) is 44.2 Å². The molecule has 0 radical (unpaired) electrons. The lowest BCUT2D eigenvalue weighted by Gasteiger charge is -2.34. The van der Waals surface area contributed by atoms with Crippen molar-refractivity contribution in [1.82, 2.24) is 4.90 Å². The zero-order valence-corrected chi connectivity index (χ0v) is 20.2. The second-order valence-corrected chi connectivity index (χ2v) is 18.2. The Kier molecular flexibility index (Phi) is 8.69. The fourth-order valence-electron chi connectivity index (χ4n) is 5.21. The van der Waals surface area contributed by atoms with Crippen LogP contribution in [-0.2, 0) is 0 Å². The molecule has 4 heteroatoms. The Morgan fingerprint density at radius 3 is 2.08 bits per heavy atom. The second-order valence-electron chi connectivity index (χ2n) is 8.48. The molecule has 1 saturated heterocycles. The molecule has 1 aromatic rings. The van der Waals surface area contributed by atoms with Crippen LogP contribution in [0.5, 0.6) is 0 Å². The van der Waals surface area contributed by atoms with E-state index in [2.05, 4.69) is 51.7 Å². The van der Waals surface area contributed by atoms with Gasteiger partial charge >= 0.3 is 0 Å². The fourth-order valence-corrected chi connectivity index (χ4v) is 13.6. The van der Waals surface area contributed by atoms with Crippen molar-refractivity contribution in [2.24, 2.45) is 0 Å². The van der Waals surface area contributed by atoms with Crippen molar-refractivity contribution in [2.75, 3.05) is 19.6 Å². The van der Waals surface area contributed by atoms with E-state index < -0.39 is 16.1 Å². The van der Waals surface area contributed by atoms with Crippen LogP contribution in [0.25, 0.3) is 0 Å². The van der Waals surface area contributed by atoms with E-state index in [1.165, 1.54) is 92.3 Å². The first-order valence-electron chi connectivity index (χ1n) is 11.4. The summed E-state index contributed by atoms with van der Waals surface area (Å²) >= 11 is 0. The molecule has 1 aliphatic heterocycles. The lowest BCUT2D eigenvalue weighted by atomic mass is 10.3. The van der Waals surface area contributed by atoms with Crippen LogP contribution in [0.2, 0.25) is 36.3 Å². The van der Waals surface area contributed by atoms with E-state index in [0.717, 1.165) is 0 Å². The first-order chi connectivity index (χ1) is 12.6. The molecule has 0 spiro atoms. The molecule has 1 aliphatic rings. The summed E-state index contributed by atoms with van der Waals surface area (Å²) in [7, 11) is -2.80. The van der Waals surface area contributed by atoms with Crippen molar-refractivity contribution < 1.29 is 4.42 Å². The zero-order valence-electron chi connectivity index (χ0n) is 18.2. The maximum Gasteiger partial charge on any atom is 0.132 e. The summed E-state index contributed by atoms with van der Waals surface area (Å²) in [5.41, 5.74) is 0. The molecule has 1 aromatic heterocycles. The van der Waals surface area contributed by atoms with Gasteiger partial charge in [-0.15, -0.1) is 0 Å². The minimum absolute atomic E-state index is 1.19. The number of furan rings is 1. The Hall–Kier alpha value is -0.326. The highest BCUT2D eigenvalue weighted by atomic mass is 28.3. The Balaban J connectivity index is 2.19. The summed E-state index contributed by atoms with van der Waals surface area (Å²) in [5.74, 6) is 0. The summed E-state index contributed by atoms with van der Waals surface area (Å²) in [4.78, 5) is 2.58. The summed E-state index contributed by atoms with van der Waals surface area (Å²) < 4.78 is 6.78. The second kappa shape index (κ2) is 10.3. The van der Waals surface area contributed by atoms with Crippen LogP contribution in [-0.4, -0.2) is 40.7 Å². The molecule has 2 nitrogen and oxygen atoms in total. The summed E-state index contributed by atoms with van der Waals surface area (Å²) in [6.07, 6.45) is 5.68. The first-order valence-corrected chi connectivity index (χ1v) is 16.7. The molecule has 0 bridgehead atoms. The molecular formula is C22H43NOSi2. The SMILES string of the molecule is CCN(CC)CCC[Si]1(c2ccc([Si](CC)(CC)CC)o2)CCCCC1. The highest BCUT2D eigenvalue weighted by molar-refractivity contribution is 6.93. The number of hydrogen-bond donors (Lipinski definition) is 0. The molecule has 2 rings (SSSR count). The highest BCUT2D eigenvalue weighted by Gasteiger charge is 2.41. The van der Waals surface area contributed by atoms with Gasteiger partial charge in [0.25, 0.3) is 0 Å². The minimum atomic E-state index is -1.42. The average Bonchev–Trinajstić information content (AvgIpc) is 3.19. The van der Waals surface area contributed by atoms with Crippen LogP contribution >= 0.6 is 0 Å². The third kappa shape index (κ3) is 4.74. The van der Waals surface area contributed by atoms with Gasteiger partial charge in [0, 0.05) is 0 Å². The third-order valence-corrected chi connectivity index (χ3v) is 18.1. The Morgan fingerprint density at radius 1 is 0.923 bits per heavy atom. The van der Waals surface area contributed by atoms with E-state index in [9.17, 15) is 0 Å². The molecule has 150 valence electrons. The molecule has 2 heterocycles. The van der Waals surface area contributed by atoms with E-state index in [1.54, 1.807) is 0 Å². The third-order valence-electron chi connectivity index (χ3n) is 7.52. The van der Waals surface area contributed by atoms with Crippen LogP contribution in [0.1, 0.15) is 60.3 Å². The lowest BCUT2D eigenvalue weighted by Crippen LogP contribution is -2.50. The topological polar surface area (TPSA) is 16.4 Å². The van der Waals surface area contributed by atoms with Gasteiger partial charge in [0.2, 0.25) is 0 Å². The molecule has 0 saturated carbocycles. The van der Waals surface area contributed by atoms with Gasteiger partial charge < -0.3 is 9.32 Å². The highest BCUT2D eigenvalue weighted by Crippen LogP contribution is 2.33. The van der Waals surface area contributed by atoms with Crippen molar-refractivity contribution in [3.05, 3.63) is 12.1 Å². The van der Waals surface area contributed by atoms with Gasteiger partial charge in [-0.2, -0.15) is 0 Å². The molecule has 0 atom stereocenters. The molecule has 0 aliphatic carbocycles. The van der Waals surface area contributed by atoms with Gasteiger partial charge in [0.15, 0.2) is 0 Å². The molecule has 26 heavy (non-hydrogen) atoms. The van der Waals surface area contributed by atoms with E-state index in [-0.39, 0.29) is 0 Å². The van der Waals surface area contributed by atoms with Crippen molar-refractivity contribution in [3.8, 4) is 0 Å². The van der Waals surface area contributed by atoms with Crippen molar-refractivity contribution >= 4 is 26.9 Å². The van der Waals surface area contributed by atoms with Gasteiger partial charge in [0.05, 0.1) is 10.8 Å².